The summed E-state index contributed by atoms with van der Waals surface area (Å²) in [5.74, 6) is -0.124. The molecule has 2 aromatic rings. The number of carbonyl (C=O) groups is 1. The maximum Gasteiger partial charge on any atom is 0.247 e. The van der Waals surface area contributed by atoms with Crippen LogP contribution in [0.3, 0.4) is 0 Å². The van der Waals surface area contributed by atoms with Crippen LogP contribution in [0.4, 0.5) is 11.4 Å². The van der Waals surface area contributed by atoms with E-state index in [1.165, 1.54) is 0 Å². The highest BCUT2D eigenvalue weighted by molar-refractivity contribution is 5.96. The van der Waals surface area contributed by atoms with E-state index in [1.54, 1.807) is 42.3 Å². The van der Waals surface area contributed by atoms with E-state index in [0.29, 0.717) is 11.4 Å². The summed E-state index contributed by atoms with van der Waals surface area (Å²) in [6, 6.07) is 6.85. The molecule has 0 spiro atoms. The number of hydrogen-bond donors (Lipinski definition) is 2. The van der Waals surface area contributed by atoms with E-state index in [0.717, 1.165) is 0 Å². The molecule has 0 aliphatic rings. The van der Waals surface area contributed by atoms with Gasteiger partial charge >= 0.3 is 0 Å². The number of nitrogens with one attached hydrogen (secondary N) is 1. The van der Waals surface area contributed by atoms with Crippen LogP contribution in [0.2, 0.25) is 0 Å². The van der Waals surface area contributed by atoms with E-state index in [1.807, 2.05) is 12.1 Å². The largest absolute Gasteiger partial charge is 0.397 e. The summed E-state index contributed by atoms with van der Waals surface area (Å²) >= 11 is 0. The van der Waals surface area contributed by atoms with Gasteiger partial charge in [-0.05, 0) is 19.1 Å². The molecule has 1 heterocycles. The molecular weight excluding hydrogens is 216 g/mol. The zero-order valence-electron chi connectivity index (χ0n) is 9.50. The average molecular weight is 230 g/mol. The van der Waals surface area contributed by atoms with E-state index in [-0.39, 0.29) is 11.9 Å². The summed E-state index contributed by atoms with van der Waals surface area (Å²) in [5.41, 5.74) is 6.94. The molecule has 1 aromatic carbocycles. The number of anilines is 2. The van der Waals surface area contributed by atoms with Crippen LogP contribution in [0, 0.1) is 0 Å². The quantitative estimate of drug-likeness (QED) is 0.788. The van der Waals surface area contributed by atoms with Crippen LogP contribution in [0.15, 0.2) is 43.0 Å². The van der Waals surface area contributed by atoms with Gasteiger partial charge in [-0.25, -0.2) is 4.98 Å². The van der Waals surface area contributed by atoms with Gasteiger partial charge in [0.25, 0.3) is 0 Å². The summed E-state index contributed by atoms with van der Waals surface area (Å²) < 4.78 is 1.73. The van der Waals surface area contributed by atoms with Crippen molar-refractivity contribution in [3.05, 3.63) is 43.0 Å². The van der Waals surface area contributed by atoms with Gasteiger partial charge in [0.2, 0.25) is 5.91 Å². The first kappa shape index (κ1) is 11.2. The Balaban J connectivity index is 2.10. The van der Waals surface area contributed by atoms with Crippen LogP contribution < -0.4 is 11.1 Å². The van der Waals surface area contributed by atoms with Crippen molar-refractivity contribution in [1.82, 2.24) is 9.55 Å². The highest BCUT2D eigenvalue weighted by Crippen LogP contribution is 2.18. The number of nitrogen functional groups attached to an aromatic ring is 1. The van der Waals surface area contributed by atoms with Crippen LogP contribution in [-0.2, 0) is 4.79 Å². The molecule has 0 aliphatic heterocycles. The smallest absolute Gasteiger partial charge is 0.247 e. The summed E-state index contributed by atoms with van der Waals surface area (Å²) in [5, 5.41) is 2.79. The Bertz CT molecular complexity index is 507. The molecule has 5 nitrogen and oxygen atoms in total. The summed E-state index contributed by atoms with van der Waals surface area (Å²) in [6.07, 6.45) is 5.00. The summed E-state index contributed by atoms with van der Waals surface area (Å²) in [6.45, 7) is 1.80. The van der Waals surface area contributed by atoms with Gasteiger partial charge in [0, 0.05) is 12.4 Å². The number of rotatable bonds is 3. The molecule has 0 fully saturated rings. The van der Waals surface area contributed by atoms with Crippen LogP contribution in [0.25, 0.3) is 0 Å². The van der Waals surface area contributed by atoms with Crippen molar-refractivity contribution in [1.29, 1.82) is 0 Å². The molecule has 2 rings (SSSR count). The van der Waals surface area contributed by atoms with E-state index in [2.05, 4.69) is 10.3 Å². The van der Waals surface area contributed by atoms with Crippen molar-refractivity contribution < 1.29 is 4.79 Å². The van der Waals surface area contributed by atoms with E-state index < -0.39 is 0 Å². The second-order valence-electron chi connectivity index (χ2n) is 3.76. The van der Waals surface area contributed by atoms with Gasteiger partial charge in [-0.3, -0.25) is 4.79 Å². The van der Waals surface area contributed by atoms with E-state index >= 15 is 0 Å². The zero-order chi connectivity index (χ0) is 12.3. The van der Waals surface area contributed by atoms with Crippen molar-refractivity contribution in [2.75, 3.05) is 11.1 Å². The Morgan fingerprint density at radius 3 is 2.88 bits per heavy atom. The first-order valence-electron chi connectivity index (χ1n) is 5.31. The number of hydrogen-bond acceptors (Lipinski definition) is 3. The number of imidazole rings is 1. The Hall–Kier alpha value is -2.30. The summed E-state index contributed by atoms with van der Waals surface area (Å²) in [4.78, 5) is 15.9. The molecule has 0 saturated heterocycles. The highest BCUT2D eigenvalue weighted by atomic mass is 16.2. The number of nitrogens with zero attached hydrogens (tertiary/aromatic N) is 2. The fourth-order valence-electron chi connectivity index (χ4n) is 1.48. The van der Waals surface area contributed by atoms with Crippen LogP contribution in [0.5, 0.6) is 0 Å². The third kappa shape index (κ3) is 2.44. The lowest BCUT2D eigenvalue weighted by molar-refractivity contribution is -0.118. The molecule has 0 aliphatic carbocycles. The van der Waals surface area contributed by atoms with Gasteiger partial charge in [-0.2, -0.15) is 0 Å². The Morgan fingerprint density at radius 2 is 2.24 bits per heavy atom. The molecule has 1 amide bonds. The summed E-state index contributed by atoms with van der Waals surface area (Å²) in [7, 11) is 0. The van der Waals surface area contributed by atoms with Crippen molar-refractivity contribution in [3.63, 3.8) is 0 Å². The molecule has 5 heteroatoms. The number of carbonyl (C=O) groups excluding carboxylic acids is 1. The molecule has 1 aromatic heterocycles. The minimum absolute atomic E-state index is 0.124. The third-order valence-corrected chi connectivity index (χ3v) is 2.57. The molecule has 0 bridgehead atoms. The van der Waals surface area contributed by atoms with Gasteiger partial charge in [-0.1, -0.05) is 12.1 Å². The topological polar surface area (TPSA) is 72.9 Å². The SMILES string of the molecule is CC(C(=O)Nc1ccccc1N)n1ccnc1. The molecule has 88 valence electrons. The Labute approximate surface area is 99.3 Å². The first-order chi connectivity index (χ1) is 8.18. The number of nitrogens with two attached hydrogens (primary N) is 1. The molecule has 3 N–H and O–H groups in total. The fourth-order valence-corrected chi connectivity index (χ4v) is 1.48. The molecule has 0 saturated carbocycles. The van der Waals surface area contributed by atoms with Gasteiger partial charge in [0.1, 0.15) is 6.04 Å². The predicted molar refractivity (Wildman–Crippen MR) is 66.4 cm³/mol. The lowest BCUT2D eigenvalue weighted by Crippen LogP contribution is -2.23. The minimum atomic E-state index is -0.322. The van der Waals surface area contributed by atoms with Gasteiger partial charge in [0.05, 0.1) is 17.7 Å². The molecule has 1 unspecified atom stereocenters. The van der Waals surface area contributed by atoms with E-state index in [4.69, 9.17) is 5.73 Å². The highest BCUT2D eigenvalue weighted by Gasteiger charge is 2.14. The van der Waals surface area contributed by atoms with Crippen LogP contribution in [-0.4, -0.2) is 15.5 Å². The van der Waals surface area contributed by atoms with Crippen molar-refractivity contribution in [2.24, 2.45) is 0 Å². The fraction of sp³-hybridized carbons (Fsp3) is 0.167. The molecule has 0 radical (unpaired) electrons. The lowest BCUT2D eigenvalue weighted by Gasteiger charge is -2.14. The molecule has 17 heavy (non-hydrogen) atoms. The first-order valence-corrected chi connectivity index (χ1v) is 5.31. The second-order valence-corrected chi connectivity index (χ2v) is 3.76. The predicted octanol–water partition coefficient (Wildman–Crippen LogP) is 1.66. The van der Waals surface area contributed by atoms with Gasteiger partial charge < -0.3 is 15.6 Å². The standard InChI is InChI=1S/C12H14N4O/c1-9(16-7-6-14-8-16)12(17)15-11-5-3-2-4-10(11)13/h2-9H,13H2,1H3,(H,15,17). The monoisotopic (exact) mass is 230 g/mol. The van der Waals surface area contributed by atoms with Crippen molar-refractivity contribution in [2.45, 2.75) is 13.0 Å². The number of benzene rings is 1. The average Bonchev–Trinajstić information content (AvgIpc) is 2.84. The molecular formula is C12H14N4O. The minimum Gasteiger partial charge on any atom is -0.397 e. The number of para-hydroxylation sites is 2. The third-order valence-electron chi connectivity index (χ3n) is 2.57. The van der Waals surface area contributed by atoms with Crippen molar-refractivity contribution in [3.8, 4) is 0 Å². The van der Waals surface area contributed by atoms with Gasteiger partial charge in [-0.15, -0.1) is 0 Å². The normalized spacial score (nSPS) is 12.1. The van der Waals surface area contributed by atoms with E-state index in [9.17, 15) is 4.79 Å². The maximum atomic E-state index is 11.9. The number of amides is 1. The molecule has 1 atom stereocenters. The van der Waals surface area contributed by atoms with Crippen LogP contribution >= 0.6 is 0 Å². The van der Waals surface area contributed by atoms with Gasteiger partial charge in [0.15, 0.2) is 0 Å². The second kappa shape index (κ2) is 4.69. The number of aromatic nitrogens is 2. The maximum absolute atomic E-state index is 11.9. The lowest BCUT2D eigenvalue weighted by atomic mass is 10.2. The Kier molecular flexibility index (Phi) is 3.09. The zero-order valence-corrected chi connectivity index (χ0v) is 9.50. The Morgan fingerprint density at radius 1 is 1.47 bits per heavy atom. The van der Waals surface area contributed by atoms with Crippen LogP contribution in [0.1, 0.15) is 13.0 Å². The van der Waals surface area contributed by atoms with Crippen molar-refractivity contribution >= 4 is 17.3 Å².